The molecule has 2 saturated carbocycles. The molecule has 4 fully saturated rings. The van der Waals surface area contributed by atoms with Crippen LogP contribution in [0.2, 0.25) is 0 Å². The fourth-order valence-corrected chi connectivity index (χ4v) is 8.69. The van der Waals surface area contributed by atoms with Crippen molar-refractivity contribution < 1.29 is 23.8 Å². The van der Waals surface area contributed by atoms with Crippen LogP contribution in [-0.2, 0) is 14.3 Å². The number of aryl methyl sites for hydroxylation is 1. The zero-order valence-corrected chi connectivity index (χ0v) is 31.2. The number of amides is 2. The van der Waals surface area contributed by atoms with Gasteiger partial charge in [0.1, 0.15) is 11.6 Å². The van der Waals surface area contributed by atoms with Crippen LogP contribution in [0, 0.1) is 24.2 Å². The zero-order chi connectivity index (χ0) is 35.3. The molecule has 0 bridgehead atoms. The molecule has 1 spiro atoms. The smallest absolute Gasteiger partial charge is 0.409 e. The minimum absolute atomic E-state index is 0.114. The van der Waals surface area contributed by atoms with Crippen LogP contribution < -0.4 is 9.64 Å². The fourth-order valence-electron chi connectivity index (χ4n) is 7.78. The van der Waals surface area contributed by atoms with Gasteiger partial charge in [0, 0.05) is 55.5 Å². The maximum absolute atomic E-state index is 14.0. The lowest BCUT2D eigenvalue weighted by molar-refractivity contribution is -0.179. The summed E-state index contributed by atoms with van der Waals surface area (Å²) >= 11 is 1.73. The lowest BCUT2D eigenvalue weighted by Crippen LogP contribution is -2.67. The van der Waals surface area contributed by atoms with Gasteiger partial charge in [0.05, 0.1) is 48.4 Å². The average molecular weight is 704 g/mol. The Balaban J connectivity index is 0.000000331. The van der Waals surface area contributed by atoms with Crippen LogP contribution in [-0.4, -0.2) is 78.9 Å². The van der Waals surface area contributed by atoms with Gasteiger partial charge in [-0.05, 0) is 81.2 Å². The van der Waals surface area contributed by atoms with Crippen molar-refractivity contribution in [1.82, 2.24) is 19.9 Å². The third-order valence-electron chi connectivity index (χ3n) is 10.8. The van der Waals surface area contributed by atoms with Gasteiger partial charge in [-0.25, -0.2) is 14.8 Å². The topological polar surface area (TPSA) is 107 Å². The van der Waals surface area contributed by atoms with Gasteiger partial charge in [-0.1, -0.05) is 33.1 Å². The van der Waals surface area contributed by atoms with Crippen LogP contribution >= 0.6 is 11.3 Å². The Labute approximate surface area is 300 Å². The number of likely N-dealkylation sites (tertiary alicyclic amines) is 1. The fraction of sp³-hybridized carbons (Fsp3) is 0.615. The quantitative estimate of drug-likeness (QED) is 0.232. The molecule has 50 heavy (non-hydrogen) atoms. The molecule has 2 aliphatic carbocycles. The van der Waals surface area contributed by atoms with Crippen LogP contribution in [0.5, 0.6) is 5.75 Å². The normalized spacial score (nSPS) is 21.4. The predicted octanol–water partition coefficient (Wildman–Crippen LogP) is 8.01. The summed E-state index contributed by atoms with van der Waals surface area (Å²) in [7, 11) is 3.10. The number of carbonyl (C=O) groups excluding carboxylic acids is 2. The standard InChI is InChI=1S/C32H42N4O2S.C7H11NO3/c1-21(2)31-34-19-29(39-31)26-16-17-33-30(18-26)36(32(37)25-8-6-5-7-9-25)20-23-10-12-24(13-11-23)27-14-15-28(38-4)22(3)35-27;1-10-6(9)8-2-7(3-8)4-11-5-7/h14-19,21,23-25H,5-13,20H2,1-4H3;2-5H2,1H3. The Hall–Kier alpha value is -3.57. The van der Waals surface area contributed by atoms with Crippen molar-refractivity contribution in [2.24, 2.45) is 17.3 Å². The third-order valence-corrected chi connectivity index (χ3v) is 12.2. The van der Waals surface area contributed by atoms with E-state index in [1.807, 2.05) is 36.4 Å². The number of hydrogen-bond donors (Lipinski definition) is 0. The second-order valence-electron chi connectivity index (χ2n) is 15.0. The van der Waals surface area contributed by atoms with Crippen LogP contribution in [0.4, 0.5) is 10.6 Å². The number of methoxy groups -OCH3 is 2. The molecule has 3 aromatic rings. The molecule has 0 unspecified atom stereocenters. The molecule has 3 aromatic heterocycles. The van der Waals surface area contributed by atoms with Gasteiger partial charge < -0.3 is 19.1 Å². The van der Waals surface area contributed by atoms with E-state index in [0.29, 0.717) is 23.2 Å². The van der Waals surface area contributed by atoms with Gasteiger partial charge in [-0.3, -0.25) is 14.7 Å². The highest BCUT2D eigenvalue weighted by Crippen LogP contribution is 2.39. The first-order chi connectivity index (χ1) is 24.2. The number of carbonyl (C=O) groups is 2. The third kappa shape index (κ3) is 8.31. The highest BCUT2D eigenvalue weighted by atomic mass is 32.1. The maximum atomic E-state index is 14.0. The second kappa shape index (κ2) is 16.2. The van der Waals surface area contributed by atoms with E-state index in [1.54, 1.807) is 23.3 Å². The molecule has 0 atom stereocenters. The van der Waals surface area contributed by atoms with Crippen molar-refractivity contribution >= 4 is 29.2 Å². The lowest BCUT2D eigenvalue weighted by atomic mass is 9.78. The minimum Gasteiger partial charge on any atom is -0.495 e. The number of pyridine rings is 2. The summed E-state index contributed by atoms with van der Waals surface area (Å²) in [4.78, 5) is 43.9. The van der Waals surface area contributed by atoms with Crippen molar-refractivity contribution in [1.29, 1.82) is 0 Å². The molecule has 2 saturated heterocycles. The molecule has 10 nitrogen and oxygen atoms in total. The number of nitrogens with zero attached hydrogens (tertiary/aromatic N) is 5. The van der Waals surface area contributed by atoms with E-state index >= 15 is 0 Å². The number of aromatic nitrogens is 3. The Morgan fingerprint density at radius 1 is 1.02 bits per heavy atom. The number of thiazole rings is 1. The molecule has 0 radical (unpaired) electrons. The van der Waals surface area contributed by atoms with Crippen molar-refractivity contribution in [3.63, 3.8) is 0 Å². The highest BCUT2D eigenvalue weighted by molar-refractivity contribution is 7.15. The molecule has 0 aromatic carbocycles. The van der Waals surface area contributed by atoms with E-state index in [2.05, 4.69) is 35.7 Å². The van der Waals surface area contributed by atoms with E-state index in [4.69, 9.17) is 19.4 Å². The first-order valence-corrected chi connectivity index (χ1v) is 19.2. The summed E-state index contributed by atoms with van der Waals surface area (Å²) < 4.78 is 15.0. The molecule has 11 heteroatoms. The first kappa shape index (κ1) is 36.2. The van der Waals surface area contributed by atoms with Crippen LogP contribution in [0.1, 0.15) is 99.9 Å². The summed E-state index contributed by atoms with van der Waals surface area (Å²) in [5, 5.41) is 1.14. The number of ether oxygens (including phenoxy) is 3. The average Bonchev–Trinajstić information content (AvgIpc) is 3.61. The van der Waals surface area contributed by atoms with Crippen molar-refractivity contribution in [3.05, 3.63) is 53.1 Å². The SMILES string of the molecule is COC(=O)N1CC2(COC2)C1.COc1ccc(C2CCC(CN(C(=O)C3CCCCC3)c3cc(-c4cnc(C(C)C)s4)ccn3)CC2)nc1C. The zero-order valence-electron chi connectivity index (χ0n) is 30.4. The maximum Gasteiger partial charge on any atom is 0.409 e. The van der Waals surface area contributed by atoms with Crippen LogP contribution in [0.15, 0.2) is 36.7 Å². The summed E-state index contributed by atoms with van der Waals surface area (Å²) in [6.07, 6.45) is 13.5. The molecule has 4 aliphatic rings. The molecular weight excluding hydrogens is 651 g/mol. The van der Waals surface area contributed by atoms with Gasteiger partial charge in [0.15, 0.2) is 0 Å². The largest absolute Gasteiger partial charge is 0.495 e. The van der Waals surface area contributed by atoms with Gasteiger partial charge in [-0.2, -0.15) is 0 Å². The van der Waals surface area contributed by atoms with Crippen molar-refractivity contribution in [2.45, 2.75) is 90.4 Å². The van der Waals surface area contributed by atoms with Gasteiger partial charge in [-0.15, -0.1) is 11.3 Å². The number of rotatable bonds is 8. The molecule has 7 rings (SSSR count). The van der Waals surface area contributed by atoms with E-state index < -0.39 is 0 Å². The summed E-state index contributed by atoms with van der Waals surface area (Å²) in [6, 6.07) is 8.31. The monoisotopic (exact) mass is 703 g/mol. The highest BCUT2D eigenvalue weighted by Gasteiger charge is 2.51. The first-order valence-electron chi connectivity index (χ1n) is 18.3. The molecule has 2 aliphatic heterocycles. The number of anilines is 1. The van der Waals surface area contributed by atoms with E-state index in [1.165, 1.54) is 19.2 Å². The van der Waals surface area contributed by atoms with Crippen molar-refractivity contribution in [3.8, 4) is 16.2 Å². The van der Waals surface area contributed by atoms with E-state index in [9.17, 15) is 9.59 Å². The molecule has 2 amide bonds. The second-order valence-corrected chi connectivity index (χ2v) is 16.0. The van der Waals surface area contributed by atoms with Crippen molar-refractivity contribution in [2.75, 3.05) is 52.0 Å². The lowest BCUT2D eigenvalue weighted by Gasteiger charge is -2.54. The summed E-state index contributed by atoms with van der Waals surface area (Å²) in [6.45, 7) is 10.3. The molecule has 5 heterocycles. The number of hydrogen-bond acceptors (Lipinski definition) is 9. The summed E-state index contributed by atoms with van der Waals surface area (Å²) in [5.74, 6) is 3.35. The minimum atomic E-state index is -0.220. The van der Waals surface area contributed by atoms with Gasteiger partial charge in [0.2, 0.25) is 5.91 Å². The Bertz CT molecular complexity index is 1600. The Kier molecular flexibility index (Phi) is 11.7. The molecule has 0 N–H and O–H groups in total. The Morgan fingerprint density at radius 2 is 1.76 bits per heavy atom. The summed E-state index contributed by atoms with van der Waals surface area (Å²) in [5.41, 5.74) is 3.51. The predicted molar refractivity (Wildman–Crippen MR) is 196 cm³/mol. The van der Waals surface area contributed by atoms with Gasteiger partial charge in [0.25, 0.3) is 0 Å². The van der Waals surface area contributed by atoms with E-state index in [0.717, 1.165) is 117 Å². The van der Waals surface area contributed by atoms with Crippen LogP contribution in [0.25, 0.3) is 10.4 Å². The molecular formula is C39H53N5O5S. The molecule has 270 valence electrons. The Morgan fingerprint density at radius 3 is 2.36 bits per heavy atom. The van der Waals surface area contributed by atoms with Crippen LogP contribution in [0.3, 0.4) is 0 Å². The van der Waals surface area contributed by atoms with E-state index in [-0.39, 0.29) is 17.9 Å². The van der Waals surface area contributed by atoms with Gasteiger partial charge >= 0.3 is 6.09 Å².